The van der Waals surface area contributed by atoms with E-state index < -0.39 is 0 Å². The van der Waals surface area contributed by atoms with Crippen molar-refractivity contribution in [1.82, 2.24) is 20.8 Å². The zero-order valence-corrected chi connectivity index (χ0v) is 16.7. The van der Waals surface area contributed by atoms with Crippen molar-refractivity contribution in [2.24, 2.45) is 4.99 Å². The first-order valence-electron chi connectivity index (χ1n) is 9.66. The molecule has 146 valence electrons. The van der Waals surface area contributed by atoms with Crippen molar-refractivity contribution in [3.8, 4) is 11.3 Å². The summed E-state index contributed by atoms with van der Waals surface area (Å²) in [5.41, 5.74) is 5.37. The van der Waals surface area contributed by atoms with Crippen molar-refractivity contribution in [2.75, 3.05) is 7.05 Å². The molecule has 2 heterocycles. The summed E-state index contributed by atoms with van der Waals surface area (Å²) >= 11 is 0. The number of pyridine rings is 1. The second-order valence-electron chi connectivity index (χ2n) is 6.43. The van der Waals surface area contributed by atoms with Gasteiger partial charge in [-0.3, -0.25) is 9.98 Å². The number of guanidine groups is 1. The van der Waals surface area contributed by atoms with E-state index in [1.165, 1.54) is 5.56 Å². The summed E-state index contributed by atoms with van der Waals surface area (Å²) in [7, 11) is 1.77. The summed E-state index contributed by atoms with van der Waals surface area (Å²) < 4.78 is 5.43. The Morgan fingerprint density at radius 1 is 1.04 bits per heavy atom. The predicted molar refractivity (Wildman–Crippen MR) is 112 cm³/mol. The van der Waals surface area contributed by atoms with Gasteiger partial charge in [0.05, 0.1) is 11.4 Å². The molecule has 0 bridgehead atoms. The van der Waals surface area contributed by atoms with Gasteiger partial charge in [-0.1, -0.05) is 43.3 Å². The van der Waals surface area contributed by atoms with E-state index in [1.807, 2.05) is 24.4 Å². The topological polar surface area (TPSA) is 75.3 Å². The van der Waals surface area contributed by atoms with E-state index in [-0.39, 0.29) is 0 Å². The Kier molecular flexibility index (Phi) is 6.78. The standard InChI is InChI=1S/C22H27N5O/c1-4-19-18(21(5-2)28-27-19)15-26-22(23-3)25-14-16-9-8-10-17(13-16)20-11-6-7-12-24-20/h6-13H,4-5,14-15H2,1-3H3,(H2,23,25,26). The van der Waals surface area contributed by atoms with E-state index in [1.54, 1.807) is 7.05 Å². The average Bonchev–Trinajstić information content (AvgIpc) is 3.16. The summed E-state index contributed by atoms with van der Waals surface area (Å²) in [6, 6.07) is 14.3. The van der Waals surface area contributed by atoms with Gasteiger partial charge >= 0.3 is 0 Å². The maximum atomic E-state index is 5.43. The van der Waals surface area contributed by atoms with E-state index in [9.17, 15) is 0 Å². The lowest BCUT2D eigenvalue weighted by Gasteiger charge is -2.13. The molecule has 0 spiro atoms. The molecule has 0 amide bonds. The SMILES string of the molecule is CCc1noc(CC)c1CNC(=NC)NCc1cccc(-c2ccccn2)c1. The van der Waals surface area contributed by atoms with E-state index in [4.69, 9.17) is 4.52 Å². The summed E-state index contributed by atoms with van der Waals surface area (Å²) in [6.07, 6.45) is 3.50. The van der Waals surface area contributed by atoms with Gasteiger partial charge in [0.15, 0.2) is 5.96 Å². The molecule has 0 unspecified atom stereocenters. The summed E-state index contributed by atoms with van der Waals surface area (Å²) in [6.45, 7) is 5.47. The molecule has 0 aliphatic rings. The molecular weight excluding hydrogens is 350 g/mol. The Bertz CT molecular complexity index is 896. The van der Waals surface area contributed by atoms with Gasteiger partial charge in [-0.15, -0.1) is 0 Å². The highest BCUT2D eigenvalue weighted by atomic mass is 16.5. The maximum absolute atomic E-state index is 5.43. The molecule has 6 nitrogen and oxygen atoms in total. The Hall–Kier alpha value is -3.15. The van der Waals surface area contributed by atoms with Crippen LogP contribution in [0.15, 0.2) is 58.2 Å². The number of hydrogen-bond donors (Lipinski definition) is 2. The fourth-order valence-corrected chi connectivity index (χ4v) is 3.09. The zero-order valence-electron chi connectivity index (χ0n) is 16.7. The molecule has 0 aliphatic heterocycles. The van der Waals surface area contributed by atoms with Gasteiger partial charge < -0.3 is 15.2 Å². The van der Waals surface area contributed by atoms with Crippen LogP contribution in [0.4, 0.5) is 0 Å². The summed E-state index contributed by atoms with van der Waals surface area (Å²) in [5, 5.41) is 10.9. The molecule has 0 saturated carbocycles. The second-order valence-corrected chi connectivity index (χ2v) is 6.43. The van der Waals surface area contributed by atoms with Crippen LogP contribution in [0.1, 0.15) is 36.4 Å². The first kappa shape index (κ1) is 19.6. The van der Waals surface area contributed by atoms with Crippen LogP contribution in [0.5, 0.6) is 0 Å². The molecule has 0 fully saturated rings. The predicted octanol–water partition coefficient (Wildman–Crippen LogP) is 3.73. The Morgan fingerprint density at radius 3 is 2.61 bits per heavy atom. The molecule has 2 N–H and O–H groups in total. The number of aryl methyl sites for hydroxylation is 2. The van der Waals surface area contributed by atoms with Crippen LogP contribution in [0.3, 0.4) is 0 Å². The number of nitrogens with one attached hydrogen (secondary N) is 2. The number of benzene rings is 1. The minimum absolute atomic E-state index is 0.642. The van der Waals surface area contributed by atoms with Crippen molar-refractivity contribution in [3.05, 3.63) is 71.2 Å². The quantitative estimate of drug-likeness (QED) is 0.485. The summed E-state index contributed by atoms with van der Waals surface area (Å²) in [5.74, 6) is 1.68. The van der Waals surface area contributed by atoms with Crippen LogP contribution in [-0.2, 0) is 25.9 Å². The smallest absolute Gasteiger partial charge is 0.191 e. The van der Waals surface area contributed by atoms with Crippen molar-refractivity contribution < 1.29 is 4.52 Å². The fraction of sp³-hybridized carbons (Fsp3) is 0.318. The highest BCUT2D eigenvalue weighted by Gasteiger charge is 2.13. The van der Waals surface area contributed by atoms with Crippen molar-refractivity contribution in [1.29, 1.82) is 0 Å². The monoisotopic (exact) mass is 377 g/mol. The molecule has 2 aromatic heterocycles. The highest BCUT2D eigenvalue weighted by Crippen LogP contribution is 2.18. The Morgan fingerprint density at radius 2 is 1.89 bits per heavy atom. The maximum Gasteiger partial charge on any atom is 0.191 e. The van der Waals surface area contributed by atoms with Crippen molar-refractivity contribution in [2.45, 2.75) is 39.8 Å². The number of nitrogens with zero attached hydrogens (tertiary/aromatic N) is 3. The molecule has 28 heavy (non-hydrogen) atoms. The third-order valence-corrected chi connectivity index (χ3v) is 4.61. The normalized spacial score (nSPS) is 11.5. The Balaban J connectivity index is 1.61. The molecule has 0 radical (unpaired) electrons. The van der Waals surface area contributed by atoms with Crippen molar-refractivity contribution in [3.63, 3.8) is 0 Å². The molecule has 1 aromatic carbocycles. The third-order valence-electron chi connectivity index (χ3n) is 4.61. The van der Waals surface area contributed by atoms with Gasteiger partial charge in [-0.05, 0) is 30.2 Å². The largest absolute Gasteiger partial charge is 0.361 e. The van der Waals surface area contributed by atoms with E-state index in [0.29, 0.717) is 13.1 Å². The molecule has 0 saturated heterocycles. The number of hydrogen-bond acceptors (Lipinski definition) is 4. The van der Waals surface area contributed by atoms with Crippen LogP contribution >= 0.6 is 0 Å². The first-order chi connectivity index (χ1) is 13.7. The van der Waals surface area contributed by atoms with Gasteiger partial charge in [0.2, 0.25) is 0 Å². The van der Waals surface area contributed by atoms with Crippen LogP contribution in [0, 0.1) is 0 Å². The van der Waals surface area contributed by atoms with Gasteiger partial charge in [-0.25, -0.2) is 0 Å². The third kappa shape index (κ3) is 4.76. The van der Waals surface area contributed by atoms with Gasteiger partial charge in [0, 0.05) is 43.9 Å². The van der Waals surface area contributed by atoms with Gasteiger partial charge in [-0.2, -0.15) is 0 Å². The molecule has 0 aliphatic carbocycles. The molecule has 0 atom stereocenters. The van der Waals surface area contributed by atoms with Crippen molar-refractivity contribution >= 4 is 5.96 Å². The zero-order chi connectivity index (χ0) is 19.8. The molecule has 6 heteroatoms. The number of rotatable bonds is 7. The molecular formula is C22H27N5O. The van der Waals surface area contributed by atoms with Crippen LogP contribution in [-0.4, -0.2) is 23.1 Å². The Labute approximate surface area is 166 Å². The fourth-order valence-electron chi connectivity index (χ4n) is 3.09. The van der Waals surface area contributed by atoms with E-state index >= 15 is 0 Å². The lowest BCUT2D eigenvalue weighted by atomic mass is 10.1. The number of aliphatic imine (C=N–C) groups is 1. The first-order valence-corrected chi connectivity index (χ1v) is 9.66. The van der Waals surface area contributed by atoms with E-state index in [0.717, 1.165) is 47.1 Å². The van der Waals surface area contributed by atoms with Gasteiger partial charge in [0.1, 0.15) is 5.76 Å². The lowest BCUT2D eigenvalue weighted by molar-refractivity contribution is 0.380. The minimum atomic E-state index is 0.642. The second kappa shape index (κ2) is 9.69. The summed E-state index contributed by atoms with van der Waals surface area (Å²) in [4.78, 5) is 8.75. The number of aromatic nitrogens is 2. The molecule has 3 rings (SSSR count). The van der Waals surface area contributed by atoms with Crippen LogP contribution in [0.25, 0.3) is 11.3 Å². The highest BCUT2D eigenvalue weighted by molar-refractivity contribution is 5.79. The van der Waals surface area contributed by atoms with Gasteiger partial charge in [0.25, 0.3) is 0 Å². The lowest BCUT2D eigenvalue weighted by Crippen LogP contribution is -2.36. The van der Waals surface area contributed by atoms with E-state index in [2.05, 4.69) is 63.9 Å². The van der Waals surface area contributed by atoms with Crippen LogP contribution in [0.2, 0.25) is 0 Å². The van der Waals surface area contributed by atoms with Crippen LogP contribution < -0.4 is 10.6 Å². The molecule has 3 aromatic rings. The minimum Gasteiger partial charge on any atom is -0.361 e. The average molecular weight is 377 g/mol.